The van der Waals surface area contributed by atoms with Crippen LogP contribution in [0.4, 0.5) is 4.39 Å². The molecule has 0 aliphatic carbocycles. The quantitative estimate of drug-likeness (QED) is 0.865. The zero-order chi connectivity index (χ0) is 15.2. The van der Waals surface area contributed by atoms with E-state index in [0.29, 0.717) is 12.4 Å². The molecule has 3 heteroatoms. The molecule has 0 fully saturated rings. The maximum Gasteiger partial charge on any atom is 0.123 e. The average molecular weight is 287 g/mol. The molecular weight excluding hydrogens is 265 g/mol. The van der Waals surface area contributed by atoms with Gasteiger partial charge in [0.1, 0.15) is 18.2 Å². The first-order valence-corrected chi connectivity index (χ1v) is 7.33. The third-order valence-electron chi connectivity index (χ3n) is 3.50. The van der Waals surface area contributed by atoms with Crippen molar-refractivity contribution in [2.45, 2.75) is 32.7 Å². The molecule has 112 valence electrons. The second kappa shape index (κ2) is 7.23. The summed E-state index contributed by atoms with van der Waals surface area (Å²) in [5.41, 5.74) is 9.30. The maximum atomic E-state index is 13.0. The van der Waals surface area contributed by atoms with Crippen LogP contribution in [0.15, 0.2) is 42.5 Å². The highest BCUT2D eigenvalue weighted by Crippen LogP contribution is 2.20. The standard InChI is InChI=1S/C18H22FNO/c1-3-4-14-5-7-15(8-6-14)17(20)12-21-18-10-9-16(19)11-13(18)2/h5-11,17H,3-4,12,20H2,1-2H3. The van der Waals surface area contributed by atoms with Gasteiger partial charge in [-0.15, -0.1) is 0 Å². The fourth-order valence-electron chi connectivity index (χ4n) is 2.27. The fourth-order valence-corrected chi connectivity index (χ4v) is 2.27. The highest BCUT2D eigenvalue weighted by molar-refractivity contribution is 5.33. The van der Waals surface area contributed by atoms with Crippen LogP contribution in [-0.2, 0) is 6.42 Å². The molecule has 1 atom stereocenters. The lowest BCUT2D eigenvalue weighted by atomic mass is 10.0. The van der Waals surface area contributed by atoms with Crippen LogP contribution in [0.3, 0.4) is 0 Å². The number of hydrogen-bond acceptors (Lipinski definition) is 2. The molecule has 2 aromatic rings. The molecule has 0 saturated carbocycles. The molecule has 2 rings (SSSR count). The van der Waals surface area contributed by atoms with Crippen molar-refractivity contribution in [3.63, 3.8) is 0 Å². The van der Waals surface area contributed by atoms with E-state index in [1.165, 1.54) is 17.7 Å². The van der Waals surface area contributed by atoms with Gasteiger partial charge in [0.2, 0.25) is 0 Å². The first-order valence-electron chi connectivity index (χ1n) is 7.33. The van der Waals surface area contributed by atoms with Crippen molar-refractivity contribution in [2.24, 2.45) is 5.73 Å². The van der Waals surface area contributed by atoms with E-state index in [1.807, 2.05) is 6.92 Å². The maximum absolute atomic E-state index is 13.0. The zero-order valence-corrected chi connectivity index (χ0v) is 12.6. The Balaban J connectivity index is 1.96. The topological polar surface area (TPSA) is 35.2 Å². The van der Waals surface area contributed by atoms with Crippen LogP contribution in [0.1, 0.15) is 36.1 Å². The van der Waals surface area contributed by atoms with Crippen molar-refractivity contribution in [3.05, 3.63) is 65.0 Å². The van der Waals surface area contributed by atoms with E-state index in [1.54, 1.807) is 6.07 Å². The van der Waals surface area contributed by atoms with Gasteiger partial charge < -0.3 is 10.5 Å². The summed E-state index contributed by atoms with van der Waals surface area (Å²) in [7, 11) is 0. The van der Waals surface area contributed by atoms with Gasteiger partial charge in [0.25, 0.3) is 0 Å². The van der Waals surface area contributed by atoms with E-state index in [0.717, 1.165) is 24.0 Å². The molecule has 1 unspecified atom stereocenters. The predicted octanol–water partition coefficient (Wildman–Crippen LogP) is 4.17. The van der Waals surface area contributed by atoms with Crippen LogP contribution in [0, 0.1) is 12.7 Å². The number of halogens is 1. The van der Waals surface area contributed by atoms with Crippen molar-refractivity contribution in [1.82, 2.24) is 0 Å². The first-order chi connectivity index (χ1) is 10.1. The lowest BCUT2D eigenvalue weighted by molar-refractivity contribution is 0.288. The van der Waals surface area contributed by atoms with Gasteiger partial charge in [-0.05, 0) is 48.2 Å². The minimum atomic E-state index is -0.254. The molecule has 0 radical (unpaired) electrons. The van der Waals surface area contributed by atoms with E-state index in [-0.39, 0.29) is 11.9 Å². The van der Waals surface area contributed by atoms with Crippen molar-refractivity contribution < 1.29 is 9.13 Å². The van der Waals surface area contributed by atoms with Gasteiger partial charge in [-0.3, -0.25) is 0 Å². The Bertz CT molecular complexity index is 580. The molecule has 0 aliphatic rings. The lowest BCUT2D eigenvalue weighted by Crippen LogP contribution is -2.19. The van der Waals surface area contributed by atoms with Crippen LogP contribution in [0.25, 0.3) is 0 Å². The minimum Gasteiger partial charge on any atom is -0.491 e. The largest absolute Gasteiger partial charge is 0.491 e. The van der Waals surface area contributed by atoms with Crippen LogP contribution in [0.5, 0.6) is 5.75 Å². The number of hydrogen-bond donors (Lipinski definition) is 1. The Hall–Kier alpha value is -1.87. The Labute approximate surface area is 125 Å². The van der Waals surface area contributed by atoms with Crippen molar-refractivity contribution in [2.75, 3.05) is 6.61 Å². The number of aryl methyl sites for hydroxylation is 2. The molecule has 2 aromatic carbocycles. The van der Waals surface area contributed by atoms with E-state index >= 15 is 0 Å². The number of rotatable bonds is 6. The van der Waals surface area contributed by atoms with Crippen molar-refractivity contribution >= 4 is 0 Å². The molecule has 0 aliphatic heterocycles. The Morgan fingerprint density at radius 1 is 1.14 bits per heavy atom. The molecule has 21 heavy (non-hydrogen) atoms. The summed E-state index contributed by atoms with van der Waals surface area (Å²) >= 11 is 0. The minimum absolute atomic E-state index is 0.190. The summed E-state index contributed by atoms with van der Waals surface area (Å²) in [5, 5.41) is 0. The van der Waals surface area contributed by atoms with Gasteiger partial charge in [0.05, 0.1) is 6.04 Å². The summed E-state index contributed by atoms with van der Waals surface area (Å²) in [6.45, 7) is 4.36. The molecule has 0 heterocycles. The Morgan fingerprint density at radius 2 is 1.86 bits per heavy atom. The number of nitrogens with two attached hydrogens (primary N) is 1. The van der Waals surface area contributed by atoms with Gasteiger partial charge in [0.15, 0.2) is 0 Å². The monoisotopic (exact) mass is 287 g/mol. The predicted molar refractivity (Wildman–Crippen MR) is 84.0 cm³/mol. The third kappa shape index (κ3) is 4.30. The lowest BCUT2D eigenvalue weighted by Gasteiger charge is -2.15. The van der Waals surface area contributed by atoms with Crippen LogP contribution >= 0.6 is 0 Å². The first kappa shape index (κ1) is 15.5. The summed E-state index contributed by atoms with van der Waals surface area (Å²) in [6.07, 6.45) is 2.22. The van der Waals surface area contributed by atoms with Gasteiger partial charge in [0, 0.05) is 0 Å². The summed E-state index contributed by atoms with van der Waals surface area (Å²) in [5.74, 6) is 0.421. The Kier molecular flexibility index (Phi) is 5.34. The van der Waals surface area contributed by atoms with Crippen molar-refractivity contribution in [1.29, 1.82) is 0 Å². The molecule has 2 N–H and O–H groups in total. The molecular formula is C18H22FNO. The van der Waals surface area contributed by atoms with Crippen LogP contribution in [0.2, 0.25) is 0 Å². The SMILES string of the molecule is CCCc1ccc(C(N)COc2ccc(F)cc2C)cc1. The number of benzene rings is 2. The smallest absolute Gasteiger partial charge is 0.123 e. The van der Waals surface area contributed by atoms with Crippen molar-refractivity contribution in [3.8, 4) is 5.75 Å². The van der Waals surface area contributed by atoms with Crippen LogP contribution in [-0.4, -0.2) is 6.61 Å². The second-order valence-electron chi connectivity index (χ2n) is 5.32. The highest BCUT2D eigenvalue weighted by atomic mass is 19.1. The highest BCUT2D eigenvalue weighted by Gasteiger charge is 2.08. The molecule has 0 saturated heterocycles. The van der Waals surface area contributed by atoms with Crippen LogP contribution < -0.4 is 10.5 Å². The van der Waals surface area contributed by atoms with Gasteiger partial charge in [-0.1, -0.05) is 37.6 Å². The van der Waals surface area contributed by atoms with E-state index in [2.05, 4.69) is 31.2 Å². The molecule has 0 bridgehead atoms. The average Bonchev–Trinajstić information content (AvgIpc) is 2.47. The Morgan fingerprint density at radius 3 is 2.48 bits per heavy atom. The fraction of sp³-hybridized carbons (Fsp3) is 0.333. The molecule has 0 spiro atoms. The molecule has 0 aromatic heterocycles. The van der Waals surface area contributed by atoms with Gasteiger partial charge >= 0.3 is 0 Å². The zero-order valence-electron chi connectivity index (χ0n) is 12.6. The van der Waals surface area contributed by atoms with E-state index < -0.39 is 0 Å². The third-order valence-corrected chi connectivity index (χ3v) is 3.50. The van der Waals surface area contributed by atoms with Gasteiger partial charge in [-0.2, -0.15) is 0 Å². The molecule has 0 amide bonds. The summed E-state index contributed by atoms with van der Waals surface area (Å²) < 4.78 is 18.7. The van der Waals surface area contributed by atoms with Gasteiger partial charge in [-0.25, -0.2) is 4.39 Å². The van der Waals surface area contributed by atoms with E-state index in [4.69, 9.17) is 10.5 Å². The van der Waals surface area contributed by atoms with E-state index in [9.17, 15) is 4.39 Å². The number of ether oxygens (including phenoxy) is 1. The summed E-state index contributed by atoms with van der Waals surface area (Å²) in [4.78, 5) is 0. The molecule has 2 nitrogen and oxygen atoms in total. The normalized spacial score (nSPS) is 12.2. The second-order valence-corrected chi connectivity index (χ2v) is 5.32. The summed E-state index contributed by atoms with van der Waals surface area (Å²) in [6, 6.07) is 12.6.